The van der Waals surface area contributed by atoms with E-state index in [0.29, 0.717) is 26.5 Å². The summed E-state index contributed by atoms with van der Waals surface area (Å²) in [6.07, 6.45) is 0.676. The molecule has 0 saturated heterocycles. The van der Waals surface area contributed by atoms with Crippen molar-refractivity contribution in [3.63, 3.8) is 0 Å². The molecule has 0 nitrogen and oxygen atoms in total. The van der Waals surface area contributed by atoms with Crippen LogP contribution in [0.5, 0.6) is 0 Å². The molecule has 2 rings (SSSR count). The Morgan fingerprint density at radius 3 is 2.00 bits per heavy atom. The van der Waals surface area contributed by atoms with E-state index < -0.39 is 0 Å². The predicted molar refractivity (Wildman–Crippen MR) is 80.5 cm³/mol. The largest absolute Gasteiger partial charge is 0.0843 e. The highest BCUT2D eigenvalue weighted by Crippen LogP contribution is 2.29. The third-order valence-corrected chi connectivity index (χ3v) is 4.12. The molecule has 0 atom stereocenters. The van der Waals surface area contributed by atoms with Crippen molar-refractivity contribution < 1.29 is 0 Å². The molecule has 4 heteroatoms. The van der Waals surface area contributed by atoms with Crippen molar-refractivity contribution in [2.75, 3.05) is 0 Å². The zero-order valence-electron chi connectivity index (χ0n) is 9.61. The molecule has 0 fully saturated rings. The van der Waals surface area contributed by atoms with Crippen LogP contribution in [-0.2, 0) is 6.42 Å². The molecule has 0 spiro atoms. The highest BCUT2D eigenvalue weighted by molar-refractivity contribution is 6.36. The molecule has 2 aromatic rings. The first-order valence-corrected chi connectivity index (χ1v) is 6.87. The van der Waals surface area contributed by atoms with Gasteiger partial charge in [0.1, 0.15) is 0 Å². The molecule has 0 bridgehead atoms. The summed E-state index contributed by atoms with van der Waals surface area (Å²) in [7, 11) is 0. The molecule has 0 heterocycles. The first-order valence-electron chi connectivity index (χ1n) is 5.36. The van der Waals surface area contributed by atoms with Gasteiger partial charge in [0.05, 0.1) is 0 Å². The van der Waals surface area contributed by atoms with Crippen LogP contribution in [0.4, 0.5) is 0 Å². The Balaban J connectivity index is 2.34. The average molecular weight is 320 g/mol. The highest BCUT2D eigenvalue weighted by Gasteiger charge is 2.07. The number of hydrogen-bond acceptors (Lipinski definition) is 0. The van der Waals surface area contributed by atoms with Crippen LogP contribution in [0.3, 0.4) is 0 Å². The standard InChI is InChI=1S/C14H10Cl4/c1-8-12(16)5-9(6-13(8)17)4-10-2-3-11(15)7-14(10)18/h2-3,5-7H,4H2,1H3. The van der Waals surface area contributed by atoms with Gasteiger partial charge in [-0.05, 0) is 54.3 Å². The lowest BCUT2D eigenvalue weighted by Crippen LogP contribution is -1.91. The van der Waals surface area contributed by atoms with Gasteiger partial charge in [-0.3, -0.25) is 0 Å². The fraction of sp³-hybridized carbons (Fsp3) is 0.143. The van der Waals surface area contributed by atoms with Crippen LogP contribution in [0, 0.1) is 6.92 Å². The van der Waals surface area contributed by atoms with Crippen molar-refractivity contribution in [3.8, 4) is 0 Å². The summed E-state index contributed by atoms with van der Waals surface area (Å²) < 4.78 is 0. The Kier molecular flexibility index (Phi) is 4.45. The maximum Gasteiger partial charge on any atom is 0.0456 e. The Morgan fingerprint density at radius 2 is 1.44 bits per heavy atom. The quantitative estimate of drug-likeness (QED) is 0.618. The maximum absolute atomic E-state index is 6.14. The van der Waals surface area contributed by atoms with E-state index in [0.717, 1.165) is 16.7 Å². The van der Waals surface area contributed by atoms with Crippen LogP contribution in [0.2, 0.25) is 20.1 Å². The van der Waals surface area contributed by atoms with E-state index in [1.165, 1.54) is 0 Å². The predicted octanol–water partition coefficient (Wildman–Crippen LogP) is 6.20. The van der Waals surface area contributed by atoms with E-state index >= 15 is 0 Å². The average Bonchev–Trinajstić information content (AvgIpc) is 2.29. The SMILES string of the molecule is Cc1c(Cl)cc(Cc2ccc(Cl)cc2Cl)cc1Cl. The lowest BCUT2D eigenvalue weighted by atomic mass is 10.0. The van der Waals surface area contributed by atoms with Crippen molar-refractivity contribution in [1.82, 2.24) is 0 Å². The summed E-state index contributed by atoms with van der Waals surface area (Å²) >= 11 is 24.2. The molecule has 0 aromatic heterocycles. The van der Waals surface area contributed by atoms with Crippen LogP contribution in [0.25, 0.3) is 0 Å². The second-order valence-corrected chi connectivity index (χ2v) is 5.76. The Hall–Kier alpha value is -0.400. The van der Waals surface area contributed by atoms with Crippen LogP contribution in [-0.4, -0.2) is 0 Å². The normalized spacial score (nSPS) is 10.7. The third-order valence-electron chi connectivity index (χ3n) is 2.75. The molecular weight excluding hydrogens is 310 g/mol. The van der Waals surface area contributed by atoms with E-state index in [4.69, 9.17) is 46.4 Å². The second-order valence-electron chi connectivity index (χ2n) is 4.10. The molecule has 94 valence electrons. The highest BCUT2D eigenvalue weighted by atomic mass is 35.5. The maximum atomic E-state index is 6.14. The van der Waals surface area contributed by atoms with Gasteiger partial charge in [-0.25, -0.2) is 0 Å². The molecule has 0 radical (unpaired) electrons. The molecule has 0 saturated carbocycles. The summed E-state index contributed by atoms with van der Waals surface area (Å²) in [5.41, 5.74) is 2.92. The molecule has 0 aliphatic heterocycles. The Labute approximate surface area is 126 Å². The van der Waals surface area contributed by atoms with Crippen molar-refractivity contribution in [2.24, 2.45) is 0 Å². The number of benzene rings is 2. The van der Waals surface area contributed by atoms with E-state index in [9.17, 15) is 0 Å². The van der Waals surface area contributed by atoms with Crippen LogP contribution in [0.15, 0.2) is 30.3 Å². The number of rotatable bonds is 2. The second kappa shape index (κ2) is 5.71. The smallest absolute Gasteiger partial charge is 0.0456 e. The molecule has 2 aromatic carbocycles. The topological polar surface area (TPSA) is 0 Å². The van der Waals surface area contributed by atoms with Crippen LogP contribution < -0.4 is 0 Å². The van der Waals surface area contributed by atoms with Crippen LogP contribution in [0.1, 0.15) is 16.7 Å². The first kappa shape index (κ1) is 14.0. The Morgan fingerprint density at radius 1 is 0.833 bits per heavy atom. The van der Waals surface area contributed by atoms with Gasteiger partial charge in [0.25, 0.3) is 0 Å². The van der Waals surface area contributed by atoms with Crippen molar-refractivity contribution in [1.29, 1.82) is 0 Å². The molecule has 0 N–H and O–H groups in total. The zero-order valence-corrected chi connectivity index (χ0v) is 12.6. The monoisotopic (exact) mass is 318 g/mol. The van der Waals surface area contributed by atoms with Gasteiger partial charge in [0, 0.05) is 20.1 Å². The first-order chi connectivity index (χ1) is 8.47. The van der Waals surface area contributed by atoms with Crippen molar-refractivity contribution in [3.05, 3.63) is 67.1 Å². The molecule has 18 heavy (non-hydrogen) atoms. The fourth-order valence-electron chi connectivity index (χ4n) is 1.68. The minimum absolute atomic E-state index is 0.628. The van der Waals surface area contributed by atoms with Crippen LogP contribution >= 0.6 is 46.4 Å². The van der Waals surface area contributed by atoms with E-state index in [1.54, 1.807) is 6.07 Å². The van der Waals surface area contributed by atoms with Crippen molar-refractivity contribution in [2.45, 2.75) is 13.3 Å². The number of hydrogen-bond donors (Lipinski definition) is 0. The summed E-state index contributed by atoms with van der Waals surface area (Å²) in [6.45, 7) is 1.89. The summed E-state index contributed by atoms with van der Waals surface area (Å²) in [5.74, 6) is 0. The third kappa shape index (κ3) is 3.13. The molecule has 0 amide bonds. The summed E-state index contributed by atoms with van der Waals surface area (Å²) in [4.78, 5) is 0. The van der Waals surface area contributed by atoms with Gasteiger partial charge in [-0.2, -0.15) is 0 Å². The van der Waals surface area contributed by atoms with Gasteiger partial charge in [0.15, 0.2) is 0 Å². The fourth-order valence-corrected chi connectivity index (χ4v) is 2.69. The van der Waals surface area contributed by atoms with Gasteiger partial charge < -0.3 is 0 Å². The van der Waals surface area contributed by atoms with E-state index in [-0.39, 0.29) is 0 Å². The minimum atomic E-state index is 0.628. The van der Waals surface area contributed by atoms with Gasteiger partial charge in [-0.1, -0.05) is 52.5 Å². The summed E-state index contributed by atoms with van der Waals surface area (Å²) in [5, 5.41) is 2.62. The Bertz CT molecular complexity index is 567. The lowest BCUT2D eigenvalue weighted by Gasteiger charge is -2.08. The van der Waals surface area contributed by atoms with Crippen molar-refractivity contribution >= 4 is 46.4 Å². The minimum Gasteiger partial charge on any atom is -0.0843 e. The molecule has 0 aliphatic rings. The van der Waals surface area contributed by atoms with Gasteiger partial charge in [-0.15, -0.1) is 0 Å². The van der Waals surface area contributed by atoms with E-state index in [1.807, 2.05) is 31.2 Å². The van der Waals surface area contributed by atoms with Gasteiger partial charge >= 0.3 is 0 Å². The van der Waals surface area contributed by atoms with E-state index in [2.05, 4.69) is 0 Å². The summed E-state index contributed by atoms with van der Waals surface area (Å²) in [6, 6.07) is 9.28. The molecular formula is C14H10Cl4. The number of halogens is 4. The van der Waals surface area contributed by atoms with Gasteiger partial charge in [0.2, 0.25) is 0 Å². The molecule has 0 aliphatic carbocycles. The zero-order chi connectivity index (χ0) is 13.3. The molecule has 0 unspecified atom stereocenters. The lowest BCUT2D eigenvalue weighted by molar-refractivity contribution is 1.19.